The van der Waals surface area contributed by atoms with E-state index in [1.165, 1.54) is 18.4 Å². The van der Waals surface area contributed by atoms with Gasteiger partial charge in [-0.1, -0.05) is 58.0 Å². The highest BCUT2D eigenvalue weighted by Gasteiger charge is 2.30. The largest absolute Gasteiger partial charge is 0.330 e. The lowest BCUT2D eigenvalue weighted by molar-refractivity contribution is 0.287. The molecule has 0 heterocycles. The average molecular weight is 233 g/mol. The fourth-order valence-electron chi connectivity index (χ4n) is 2.30. The van der Waals surface area contributed by atoms with Crippen molar-refractivity contribution in [2.75, 3.05) is 6.54 Å². The molecule has 2 N–H and O–H groups in total. The standard InChI is InChI=1S/C16H27N/c1-5-16(13-17,12-11-15(2,3)4)14-9-7-6-8-10-14/h6-10H,5,11-13,17H2,1-4H3. The van der Waals surface area contributed by atoms with Crippen LogP contribution >= 0.6 is 0 Å². The van der Waals surface area contributed by atoms with Crippen molar-refractivity contribution >= 4 is 0 Å². The molecule has 0 aliphatic rings. The molecule has 0 bridgehead atoms. The van der Waals surface area contributed by atoms with E-state index < -0.39 is 0 Å². The molecule has 0 radical (unpaired) electrons. The second-order valence-electron chi connectivity index (χ2n) is 6.26. The summed E-state index contributed by atoms with van der Waals surface area (Å²) in [6.45, 7) is 9.89. The molecule has 1 heteroatoms. The molecule has 0 saturated carbocycles. The smallest absolute Gasteiger partial charge is 0.00731 e. The van der Waals surface area contributed by atoms with E-state index in [9.17, 15) is 0 Å². The Bertz CT molecular complexity index is 317. The molecule has 1 aromatic carbocycles. The molecule has 1 unspecified atom stereocenters. The van der Waals surface area contributed by atoms with Gasteiger partial charge in [-0.2, -0.15) is 0 Å². The zero-order valence-electron chi connectivity index (χ0n) is 11.8. The van der Waals surface area contributed by atoms with Gasteiger partial charge >= 0.3 is 0 Å². The average Bonchev–Trinajstić information content (AvgIpc) is 2.31. The van der Waals surface area contributed by atoms with Gasteiger partial charge in [-0.15, -0.1) is 0 Å². The Morgan fingerprint density at radius 1 is 1.00 bits per heavy atom. The monoisotopic (exact) mass is 233 g/mol. The van der Waals surface area contributed by atoms with Gasteiger partial charge in [0.25, 0.3) is 0 Å². The highest BCUT2D eigenvalue weighted by Crippen LogP contribution is 2.35. The molecule has 1 aromatic rings. The number of hydrogen-bond donors (Lipinski definition) is 1. The first-order chi connectivity index (χ1) is 7.93. The van der Waals surface area contributed by atoms with E-state index in [-0.39, 0.29) is 5.41 Å². The van der Waals surface area contributed by atoms with E-state index in [1.807, 2.05) is 0 Å². The van der Waals surface area contributed by atoms with Gasteiger partial charge in [-0.05, 0) is 30.2 Å². The van der Waals surface area contributed by atoms with E-state index in [1.54, 1.807) is 0 Å². The number of benzene rings is 1. The lowest BCUT2D eigenvalue weighted by atomic mass is 9.71. The summed E-state index contributed by atoms with van der Waals surface area (Å²) in [6.07, 6.45) is 3.50. The van der Waals surface area contributed by atoms with E-state index in [0.29, 0.717) is 5.41 Å². The van der Waals surface area contributed by atoms with Crippen molar-refractivity contribution in [2.45, 2.75) is 52.4 Å². The summed E-state index contributed by atoms with van der Waals surface area (Å²) in [5, 5.41) is 0. The Morgan fingerprint density at radius 3 is 2.00 bits per heavy atom. The Labute approximate surface area is 106 Å². The van der Waals surface area contributed by atoms with E-state index >= 15 is 0 Å². The van der Waals surface area contributed by atoms with Crippen LogP contribution in [0.5, 0.6) is 0 Å². The SMILES string of the molecule is CCC(CN)(CCC(C)(C)C)c1ccccc1. The van der Waals surface area contributed by atoms with Crippen LogP contribution in [0, 0.1) is 5.41 Å². The van der Waals surface area contributed by atoms with Crippen molar-refractivity contribution in [2.24, 2.45) is 11.1 Å². The number of hydrogen-bond acceptors (Lipinski definition) is 1. The van der Waals surface area contributed by atoms with Crippen molar-refractivity contribution in [3.63, 3.8) is 0 Å². The lowest BCUT2D eigenvalue weighted by Crippen LogP contribution is -2.35. The third-order valence-electron chi connectivity index (χ3n) is 3.81. The molecule has 1 rings (SSSR count). The summed E-state index contributed by atoms with van der Waals surface area (Å²) < 4.78 is 0. The maximum atomic E-state index is 6.08. The molecule has 96 valence electrons. The fourth-order valence-corrected chi connectivity index (χ4v) is 2.30. The summed E-state index contributed by atoms with van der Waals surface area (Å²) in [7, 11) is 0. The molecule has 0 amide bonds. The summed E-state index contributed by atoms with van der Waals surface area (Å²) in [4.78, 5) is 0. The Hall–Kier alpha value is -0.820. The zero-order chi connectivity index (χ0) is 12.9. The second-order valence-corrected chi connectivity index (χ2v) is 6.26. The molecule has 0 aromatic heterocycles. The Balaban J connectivity index is 2.90. The third kappa shape index (κ3) is 3.85. The molecular formula is C16H27N. The van der Waals surface area contributed by atoms with Crippen LogP contribution in [-0.2, 0) is 5.41 Å². The molecular weight excluding hydrogens is 206 g/mol. The van der Waals surface area contributed by atoms with Gasteiger partial charge in [-0.25, -0.2) is 0 Å². The molecule has 0 aliphatic heterocycles. The third-order valence-corrected chi connectivity index (χ3v) is 3.81. The molecule has 1 nitrogen and oxygen atoms in total. The van der Waals surface area contributed by atoms with Crippen molar-refractivity contribution in [1.29, 1.82) is 0 Å². The van der Waals surface area contributed by atoms with E-state index in [4.69, 9.17) is 5.73 Å². The van der Waals surface area contributed by atoms with Crippen molar-refractivity contribution in [1.82, 2.24) is 0 Å². The highest BCUT2D eigenvalue weighted by molar-refractivity contribution is 5.25. The van der Waals surface area contributed by atoms with Gasteiger partial charge < -0.3 is 5.73 Å². The summed E-state index contributed by atoms with van der Waals surface area (Å²) >= 11 is 0. The first kappa shape index (κ1) is 14.2. The maximum Gasteiger partial charge on any atom is 0.00731 e. The highest BCUT2D eigenvalue weighted by atomic mass is 14.6. The van der Waals surface area contributed by atoms with Crippen LogP contribution in [0.25, 0.3) is 0 Å². The quantitative estimate of drug-likeness (QED) is 0.813. The van der Waals surface area contributed by atoms with E-state index in [0.717, 1.165) is 13.0 Å². The van der Waals surface area contributed by atoms with Gasteiger partial charge in [-0.3, -0.25) is 0 Å². The minimum absolute atomic E-state index is 0.161. The number of rotatable bonds is 5. The van der Waals surface area contributed by atoms with Gasteiger partial charge in [0.2, 0.25) is 0 Å². The maximum absolute atomic E-state index is 6.08. The van der Waals surface area contributed by atoms with Crippen molar-refractivity contribution in [3.05, 3.63) is 35.9 Å². The molecule has 0 fully saturated rings. The minimum atomic E-state index is 0.161. The first-order valence-corrected chi connectivity index (χ1v) is 6.69. The molecule has 1 atom stereocenters. The van der Waals surface area contributed by atoms with Crippen LogP contribution < -0.4 is 5.73 Å². The molecule has 0 saturated heterocycles. The topological polar surface area (TPSA) is 26.0 Å². The van der Waals surface area contributed by atoms with Crippen LogP contribution in [-0.4, -0.2) is 6.54 Å². The van der Waals surface area contributed by atoms with Crippen LogP contribution in [0.1, 0.15) is 52.5 Å². The fraction of sp³-hybridized carbons (Fsp3) is 0.625. The Morgan fingerprint density at radius 2 is 1.59 bits per heavy atom. The predicted octanol–water partition coefficient (Wildman–Crippen LogP) is 4.12. The minimum Gasteiger partial charge on any atom is -0.330 e. The van der Waals surface area contributed by atoms with Crippen molar-refractivity contribution in [3.8, 4) is 0 Å². The summed E-state index contributed by atoms with van der Waals surface area (Å²) in [5.41, 5.74) is 8.02. The summed E-state index contributed by atoms with van der Waals surface area (Å²) in [5.74, 6) is 0. The second kappa shape index (κ2) is 5.68. The van der Waals surface area contributed by atoms with Crippen LogP contribution in [0.2, 0.25) is 0 Å². The normalized spacial score (nSPS) is 15.6. The van der Waals surface area contributed by atoms with E-state index in [2.05, 4.69) is 58.0 Å². The summed E-state index contributed by atoms with van der Waals surface area (Å²) in [6, 6.07) is 10.8. The van der Waals surface area contributed by atoms with Gasteiger partial charge in [0, 0.05) is 12.0 Å². The Kier molecular flexibility index (Phi) is 4.76. The van der Waals surface area contributed by atoms with Gasteiger partial charge in [0.05, 0.1) is 0 Å². The molecule has 17 heavy (non-hydrogen) atoms. The number of nitrogens with two attached hydrogens (primary N) is 1. The molecule has 0 spiro atoms. The lowest BCUT2D eigenvalue weighted by Gasteiger charge is -2.34. The van der Waals surface area contributed by atoms with Gasteiger partial charge in [0.15, 0.2) is 0 Å². The van der Waals surface area contributed by atoms with Crippen LogP contribution in [0.15, 0.2) is 30.3 Å². The van der Waals surface area contributed by atoms with Crippen molar-refractivity contribution < 1.29 is 0 Å². The first-order valence-electron chi connectivity index (χ1n) is 6.69. The van der Waals surface area contributed by atoms with Crippen LogP contribution in [0.4, 0.5) is 0 Å². The van der Waals surface area contributed by atoms with Crippen LogP contribution in [0.3, 0.4) is 0 Å². The molecule has 0 aliphatic carbocycles. The predicted molar refractivity (Wildman–Crippen MR) is 76.2 cm³/mol. The zero-order valence-corrected chi connectivity index (χ0v) is 11.8. The van der Waals surface area contributed by atoms with Gasteiger partial charge in [0.1, 0.15) is 0 Å².